The molecule has 102 valence electrons. The van der Waals surface area contributed by atoms with Gasteiger partial charge < -0.3 is 19.9 Å². The van der Waals surface area contributed by atoms with Crippen molar-refractivity contribution in [2.45, 2.75) is 32.6 Å². The molecule has 0 radical (unpaired) electrons. The molecule has 0 aromatic heterocycles. The van der Waals surface area contributed by atoms with Crippen LogP contribution in [0.1, 0.15) is 32.6 Å². The second-order valence-corrected chi connectivity index (χ2v) is 4.24. The molecular weight excluding hydrogens is 222 g/mol. The van der Waals surface area contributed by atoms with Gasteiger partial charge in [-0.2, -0.15) is 0 Å². The van der Waals surface area contributed by atoms with Crippen LogP contribution in [0.3, 0.4) is 0 Å². The van der Waals surface area contributed by atoms with E-state index in [1.807, 2.05) is 0 Å². The molecule has 1 saturated heterocycles. The van der Waals surface area contributed by atoms with Gasteiger partial charge in [-0.05, 0) is 18.8 Å². The third-order valence-electron chi connectivity index (χ3n) is 2.60. The number of rotatable bonds is 3. The van der Waals surface area contributed by atoms with Gasteiger partial charge in [-0.25, -0.2) is 0 Å². The van der Waals surface area contributed by atoms with Crippen LogP contribution in [-0.2, 0) is 9.59 Å². The smallest absolute Gasteiger partial charge is 0.303 e. The topological polar surface area (TPSA) is 79.0 Å². The number of carboxylic acids is 1. The van der Waals surface area contributed by atoms with Crippen LogP contribution in [-0.4, -0.2) is 49.7 Å². The second-order valence-electron chi connectivity index (χ2n) is 4.24. The Balaban J connectivity index is 0. The Hall–Kier alpha value is -0.940. The van der Waals surface area contributed by atoms with Gasteiger partial charge in [0.1, 0.15) is 6.29 Å². The Labute approximate surface area is 103 Å². The number of hydrogen-bond donors (Lipinski definition) is 3. The lowest BCUT2D eigenvalue weighted by molar-refractivity contribution is -0.885. The van der Waals surface area contributed by atoms with Gasteiger partial charge in [0.05, 0.1) is 26.6 Å². The zero-order chi connectivity index (χ0) is 13.7. The number of carbonyl (C=O) groups is 2. The number of carboxylic acid groups (broad SMARTS) is 1. The Kier molecular flexibility index (Phi) is 14.2. The number of nitrogens with one attached hydrogen (secondary N) is 1. The van der Waals surface area contributed by atoms with Crippen molar-refractivity contribution in [3.8, 4) is 0 Å². The SMILES string of the molecule is CC1CC[NH+](C)CC1.CO.O=CCCC(=O)O. The lowest BCUT2D eigenvalue weighted by atomic mass is 10.00. The summed E-state index contributed by atoms with van der Waals surface area (Å²) in [6, 6.07) is 0. The minimum atomic E-state index is -0.924. The maximum Gasteiger partial charge on any atom is 0.303 e. The number of aliphatic hydroxyl groups excluding tert-OH is 1. The van der Waals surface area contributed by atoms with Gasteiger partial charge in [0.2, 0.25) is 0 Å². The molecule has 0 unspecified atom stereocenters. The maximum absolute atomic E-state index is 9.60. The van der Waals surface area contributed by atoms with E-state index in [9.17, 15) is 9.59 Å². The van der Waals surface area contributed by atoms with Crippen molar-refractivity contribution >= 4 is 12.3 Å². The van der Waals surface area contributed by atoms with E-state index in [1.165, 1.54) is 25.9 Å². The fraction of sp³-hybridized carbons (Fsp3) is 0.833. The van der Waals surface area contributed by atoms with Gasteiger partial charge >= 0.3 is 5.97 Å². The number of hydrogen-bond acceptors (Lipinski definition) is 3. The first-order valence-corrected chi connectivity index (χ1v) is 5.97. The minimum absolute atomic E-state index is 0.0521. The molecule has 0 spiro atoms. The fourth-order valence-corrected chi connectivity index (χ4v) is 1.44. The Morgan fingerprint density at radius 1 is 1.35 bits per heavy atom. The zero-order valence-corrected chi connectivity index (χ0v) is 11.1. The highest BCUT2D eigenvalue weighted by Gasteiger charge is 2.13. The standard InChI is InChI=1S/C7H15N.C4H6O3.CH4O/c1-7-3-5-8(2)6-4-7;5-3-1-2-4(6)7;1-2/h7H,3-6H2,1-2H3;3H,1-2H2,(H,6,7);2H,1H3/p+1. The molecule has 1 fully saturated rings. The summed E-state index contributed by atoms with van der Waals surface area (Å²) in [6.45, 7) is 5.13. The molecule has 1 heterocycles. The van der Waals surface area contributed by atoms with Crippen molar-refractivity contribution in [2.75, 3.05) is 27.2 Å². The number of likely N-dealkylation sites (tertiary alicyclic amines) is 1. The summed E-state index contributed by atoms with van der Waals surface area (Å²) in [5.74, 6) is 0.0748. The van der Waals surface area contributed by atoms with Gasteiger partial charge in [-0.15, -0.1) is 0 Å². The van der Waals surface area contributed by atoms with Crippen LogP contribution in [0.2, 0.25) is 0 Å². The van der Waals surface area contributed by atoms with E-state index in [0.29, 0.717) is 6.29 Å². The van der Waals surface area contributed by atoms with Crippen LogP contribution < -0.4 is 4.90 Å². The summed E-state index contributed by atoms with van der Waals surface area (Å²) in [6.07, 6.45) is 3.53. The Morgan fingerprint density at radius 2 is 1.82 bits per heavy atom. The first-order valence-electron chi connectivity index (χ1n) is 5.97. The third kappa shape index (κ3) is 15.1. The van der Waals surface area contributed by atoms with E-state index in [1.54, 1.807) is 4.90 Å². The highest BCUT2D eigenvalue weighted by molar-refractivity contribution is 5.70. The predicted octanol–water partition coefficient (Wildman–Crippen LogP) is -0.410. The highest BCUT2D eigenvalue weighted by Crippen LogP contribution is 2.05. The van der Waals surface area contributed by atoms with Gasteiger partial charge in [-0.1, -0.05) is 6.92 Å². The molecule has 1 aliphatic heterocycles. The van der Waals surface area contributed by atoms with E-state index >= 15 is 0 Å². The molecule has 5 nitrogen and oxygen atoms in total. The minimum Gasteiger partial charge on any atom is -0.481 e. The van der Waals surface area contributed by atoms with Gasteiger partial charge in [0, 0.05) is 13.5 Å². The fourth-order valence-electron chi connectivity index (χ4n) is 1.44. The van der Waals surface area contributed by atoms with Crippen LogP contribution in [0.15, 0.2) is 0 Å². The molecule has 0 aromatic carbocycles. The molecule has 17 heavy (non-hydrogen) atoms. The quantitative estimate of drug-likeness (QED) is 0.593. The summed E-state index contributed by atoms with van der Waals surface area (Å²) < 4.78 is 0. The van der Waals surface area contributed by atoms with E-state index in [0.717, 1.165) is 13.0 Å². The molecule has 0 aliphatic carbocycles. The van der Waals surface area contributed by atoms with Gasteiger partial charge in [-0.3, -0.25) is 4.79 Å². The zero-order valence-electron chi connectivity index (χ0n) is 11.1. The predicted molar refractivity (Wildman–Crippen MR) is 66.1 cm³/mol. The van der Waals surface area contributed by atoms with E-state index < -0.39 is 5.97 Å². The van der Waals surface area contributed by atoms with Gasteiger partial charge in [0.15, 0.2) is 0 Å². The van der Waals surface area contributed by atoms with Crippen molar-refractivity contribution in [1.82, 2.24) is 0 Å². The number of aldehydes is 1. The Morgan fingerprint density at radius 3 is 2.06 bits per heavy atom. The Bertz CT molecular complexity index is 179. The number of piperidine rings is 1. The summed E-state index contributed by atoms with van der Waals surface area (Å²) in [5, 5.41) is 14.9. The molecule has 0 bridgehead atoms. The molecule has 1 rings (SSSR count). The molecule has 0 amide bonds. The summed E-state index contributed by atoms with van der Waals surface area (Å²) in [5.41, 5.74) is 0. The summed E-state index contributed by atoms with van der Waals surface area (Å²) in [4.78, 5) is 20.8. The lowest BCUT2D eigenvalue weighted by Crippen LogP contribution is -3.10. The largest absolute Gasteiger partial charge is 0.481 e. The highest BCUT2D eigenvalue weighted by atomic mass is 16.4. The van der Waals surface area contributed by atoms with Crippen LogP contribution in [0, 0.1) is 5.92 Å². The third-order valence-corrected chi connectivity index (χ3v) is 2.60. The summed E-state index contributed by atoms with van der Waals surface area (Å²) in [7, 11) is 3.28. The van der Waals surface area contributed by atoms with E-state index in [4.69, 9.17) is 10.2 Å². The lowest BCUT2D eigenvalue weighted by Gasteiger charge is -2.23. The van der Waals surface area contributed by atoms with E-state index in [2.05, 4.69) is 14.0 Å². The van der Waals surface area contributed by atoms with Gasteiger partial charge in [0.25, 0.3) is 0 Å². The molecule has 3 N–H and O–H groups in total. The molecule has 0 saturated carbocycles. The molecule has 5 heteroatoms. The van der Waals surface area contributed by atoms with Crippen LogP contribution in [0.5, 0.6) is 0 Å². The number of aliphatic carboxylic acids is 1. The number of aliphatic hydroxyl groups is 1. The maximum atomic E-state index is 9.60. The van der Waals surface area contributed by atoms with Crippen molar-refractivity contribution in [3.05, 3.63) is 0 Å². The molecule has 0 aromatic rings. The molecule has 1 aliphatic rings. The van der Waals surface area contributed by atoms with Crippen LogP contribution >= 0.6 is 0 Å². The van der Waals surface area contributed by atoms with Crippen molar-refractivity contribution in [3.63, 3.8) is 0 Å². The summed E-state index contributed by atoms with van der Waals surface area (Å²) >= 11 is 0. The second kappa shape index (κ2) is 13.1. The number of quaternary nitrogens is 1. The van der Waals surface area contributed by atoms with Crippen molar-refractivity contribution < 1.29 is 24.7 Å². The first kappa shape index (κ1) is 18.4. The first-order chi connectivity index (χ1) is 8.06. The average molecular weight is 248 g/mol. The average Bonchev–Trinajstić information content (AvgIpc) is 2.34. The van der Waals surface area contributed by atoms with E-state index in [-0.39, 0.29) is 12.8 Å². The molecule has 0 atom stereocenters. The van der Waals surface area contributed by atoms with Crippen LogP contribution in [0.4, 0.5) is 0 Å². The number of carbonyl (C=O) groups excluding carboxylic acids is 1. The van der Waals surface area contributed by atoms with Crippen LogP contribution in [0.25, 0.3) is 0 Å². The van der Waals surface area contributed by atoms with Crippen molar-refractivity contribution in [1.29, 1.82) is 0 Å². The molecular formula is C12H26NO4+. The normalized spacial score (nSPS) is 22.4. The van der Waals surface area contributed by atoms with Crippen molar-refractivity contribution in [2.24, 2.45) is 5.92 Å². The monoisotopic (exact) mass is 248 g/mol.